The Bertz CT molecular complexity index is 1310. The van der Waals surface area contributed by atoms with Crippen LogP contribution in [-0.4, -0.2) is 21.1 Å². The first-order valence-corrected chi connectivity index (χ1v) is 12.3. The van der Waals surface area contributed by atoms with Gasteiger partial charge in [-0.1, -0.05) is 67.2 Å². The van der Waals surface area contributed by atoms with Gasteiger partial charge in [-0.2, -0.15) is 0 Å². The lowest BCUT2D eigenvalue weighted by atomic mass is 9.88. The molecule has 156 valence electrons. The second-order valence-electron chi connectivity index (χ2n) is 7.86. The van der Waals surface area contributed by atoms with Crippen LogP contribution < -0.4 is 5.56 Å². The van der Waals surface area contributed by atoms with Gasteiger partial charge >= 0.3 is 0 Å². The maximum atomic E-state index is 13.8. The number of nitrogens with zero attached hydrogens (tertiary/aromatic N) is 2. The van der Waals surface area contributed by atoms with Crippen LogP contribution in [0, 0.1) is 0 Å². The molecule has 0 saturated carbocycles. The van der Waals surface area contributed by atoms with Gasteiger partial charge in [0.15, 0.2) is 10.9 Å². The maximum Gasteiger partial charge on any atom is 0.267 e. The minimum absolute atomic E-state index is 0.0265. The summed E-state index contributed by atoms with van der Waals surface area (Å²) in [4.78, 5) is 33.5. The molecule has 5 rings (SSSR count). The molecule has 2 aromatic carbocycles. The van der Waals surface area contributed by atoms with Gasteiger partial charge in [-0.3, -0.25) is 14.2 Å². The standard InChI is InChI=1S/C25H22N2O2S2/c1-16-9-8-14-20-21(16)22-23(31-20)26-25(27(24(22)29)18-12-6-3-7-13-18)30-15-19(28)17-10-4-2-5-11-17/h2-7,10-13,16H,8-9,14-15H2,1H3/t16-/m1/s1. The molecule has 0 N–H and O–H groups in total. The van der Waals surface area contributed by atoms with E-state index in [2.05, 4.69) is 6.92 Å². The normalized spacial score (nSPS) is 15.7. The molecule has 2 aromatic heterocycles. The molecule has 1 aliphatic carbocycles. The molecule has 0 unspecified atom stereocenters. The van der Waals surface area contributed by atoms with E-state index < -0.39 is 0 Å². The van der Waals surface area contributed by atoms with Crippen molar-refractivity contribution in [3.8, 4) is 5.69 Å². The van der Waals surface area contributed by atoms with Crippen molar-refractivity contribution in [3.63, 3.8) is 0 Å². The van der Waals surface area contributed by atoms with Crippen molar-refractivity contribution in [3.05, 3.63) is 87.0 Å². The summed E-state index contributed by atoms with van der Waals surface area (Å²) in [5, 5.41) is 1.33. The summed E-state index contributed by atoms with van der Waals surface area (Å²) in [5.41, 5.74) is 2.60. The Hall–Kier alpha value is -2.70. The van der Waals surface area contributed by atoms with Gasteiger partial charge in [0.2, 0.25) is 0 Å². The Morgan fingerprint density at radius 1 is 1.13 bits per heavy atom. The molecule has 0 fully saturated rings. The third-order valence-electron chi connectivity index (χ3n) is 5.79. The lowest BCUT2D eigenvalue weighted by Gasteiger charge is -2.19. The van der Waals surface area contributed by atoms with E-state index in [0.29, 0.717) is 16.6 Å². The van der Waals surface area contributed by atoms with Crippen molar-refractivity contribution in [1.29, 1.82) is 0 Å². The van der Waals surface area contributed by atoms with Gasteiger partial charge in [-0.25, -0.2) is 4.98 Å². The van der Waals surface area contributed by atoms with Crippen LogP contribution in [0.5, 0.6) is 0 Å². The summed E-state index contributed by atoms with van der Waals surface area (Å²) in [6, 6.07) is 18.9. The van der Waals surface area contributed by atoms with E-state index in [-0.39, 0.29) is 17.1 Å². The predicted octanol–water partition coefficient (Wildman–Crippen LogP) is 5.86. The molecule has 1 aliphatic rings. The van der Waals surface area contributed by atoms with Crippen LogP contribution in [0.25, 0.3) is 15.9 Å². The smallest absolute Gasteiger partial charge is 0.267 e. The van der Waals surface area contributed by atoms with E-state index in [1.165, 1.54) is 22.2 Å². The molecule has 0 spiro atoms. The fourth-order valence-electron chi connectivity index (χ4n) is 4.26. The SMILES string of the molecule is C[C@@H]1CCCc2sc3nc(SCC(=O)c4ccccc4)n(-c4ccccc4)c(=O)c3c21. The molecule has 4 aromatic rings. The van der Waals surface area contributed by atoms with Crippen LogP contribution in [-0.2, 0) is 6.42 Å². The van der Waals surface area contributed by atoms with Crippen molar-refractivity contribution >= 4 is 39.1 Å². The van der Waals surface area contributed by atoms with Gasteiger partial charge in [-0.05, 0) is 42.9 Å². The Morgan fingerprint density at radius 3 is 2.58 bits per heavy atom. The van der Waals surface area contributed by atoms with Crippen LogP contribution in [0.1, 0.15) is 46.5 Å². The number of Topliss-reactive ketones (excluding diaryl/α,β-unsaturated/α-hetero) is 1. The van der Waals surface area contributed by atoms with Crippen LogP contribution in [0.4, 0.5) is 0 Å². The molecule has 0 saturated heterocycles. The number of carbonyl (C=O) groups excluding carboxylic acids is 1. The third kappa shape index (κ3) is 3.75. The molecule has 0 aliphatic heterocycles. The molecule has 0 bridgehead atoms. The molecule has 2 heterocycles. The Morgan fingerprint density at radius 2 is 1.84 bits per heavy atom. The number of hydrogen-bond donors (Lipinski definition) is 0. The maximum absolute atomic E-state index is 13.8. The first-order valence-electron chi connectivity index (χ1n) is 10.5. The summed E-state index contributed by atoms with van der Waals surface area (Å²) in [6.45, 7) is 2.21. The van der Waals surface area contributed by atoms with E-state index in [1.807, 2.05) is 60.7 Å². The number of benzene rings is 2. The van der Waals surface area contributed by atoms with Gasteiger partial charge in [0.1, 0.15) is 4.83 Å². The number of para-hydroxylation sites is 1. The molecule has 6 heteroatoms. The minimum atomic E-state index is -0.0305. The van der Waals surface area contributed by atoms with Gasteiger partial charge in [0, 0.05) is 10.4 Å². The molecule has 0 amide bonds. The average molecular weight is 447 g/mol. The van der Waals surface area contributed by atoms with Crippen LogP contribution >= 0.6 is 23.1 Å². The highest BCUT2D eigenvalue weighted by molar-refractivity contribution is 7.99. The number of aryl methyl sites for hydroxylation is 1. The first-order chi connectivity index (χ1) is 15.1. The van der Waals surface area contributed by atoms with Crippen LogP contribution in [0.3, 0.4) is 0 Å². The van der Waals surface area contributed by atoms with Gasteiger partial charge in [0.05, 0.1) is 16.8 Å². The van der Waals surface area contributed by atoms with Crippen molar-refractivity contribution in [2.45, 2.75) is 37.3 Å². The van der Waals surface area contributed by atoms with Gasteiger partial charge in [-0.15, -0.1) is 11.3 Å². The van der Waals surface area contributed by atoms with Crippen molar-refractivity contribution in [2.24, 2.45) is 0 Å². The Kier molecular flexibility index (Phi) is 5.50. The zero-order chi connectivity index (χ0) is 21.4. The van der Waals surface area contributed by atoms with Crippen molar-refractivity contribution in [2.75, 3.05) is 5.75 Å². The number of thiophene rings is 1. The van der Waals surface area contributed by atoms with Crippen LogP contribution in [0.15, 0.2) is 70.6 Å². The van der Waals surface area contributed by atoms with Gasteiger partial charge < -0.3 is 0 Å². The summed E-state index contributed by atoms with van der Waals surface area (Å²) in [6.07, 6.45) is 3.27. The van der Waals surface area contributed by atoms with E-state index in [1.54, 1.807) is 15.9 Å². The molecular formula is C25H22N2O2S2. The monoisotopic (exact) mass is 446 g/mol. The molecule has 1 atom stereocenters. The fourth-order valence-corrected chi connectivity index (χ4v) is 6.54. The molecule has 4 nitrogen and oxygen atoms in total. The molecule has 0 radical (unpaired) electrons. The number of fused-ring (bicyclic) bond motifs is 3. The lowest BCUT2D eigenvalue weighted by molar-refractivity contribution is 0.102. The topological polar surface area (TPSA) is 52.0 Å². The Balaban J connectivity index is 1.63. The third-order valence-corrected chi connectivity index (χ3v) is 7.88. The largest absolute Gasteiger partial charge is 0.293 e. The molecule has 31 heavy (non-hydrogen) atoms. The number of ketones is 1. The minimum Gasteiger partial charge on any atom is -0.293 e. The fraction of sp³-hybridized carbons (Fsp3) is 0.240. The number of thioether (sulfide) groups is 1. The quantitative estimate of drug-likeness (QED) is 0.219. The lowest BCUT2D eigenvalue weighted by Crippen LogP contribution is -2.23. The average Bonchev–Trinajstić information content (AvgIpc) is 3.18. The zero-order valence-electron chi connectivity index (χ0n) is 17.2. The van der Waals surface area contributed by atoms with E-state index >= 15 is 0 Å². The van der Waals surface area contributed by atoms with Crippen molar-refractivity contribution < 1.29 is 4.79 Å². The highest BCUT2D eigenvalue weighted by Gasteiger charge is 2.26. The molecular weight excluding hydrogens is 424 g/mol. The van der Waals surface area contributed by atoms with Crippen molar-refractivity contribution in [1.82, 2.24) is 9.55 Å². The number of rotatable bonds is 5. The summed E-state index contributed by atoms with van der Waals surface area (Å²) >= 11 is 2.97. The zero-order valence-corrected chi connectivity index (χ0v) is 18.8. The number of aromatic nitrogens is 2. The Labute approximate surface area is 189 Å². The number of hydrogen-bond acceptors (Lipinski definition) is 5. The summed E-state index contributed by atoms with van der Waals surface area (Å²) in [5.74, 6) is 0.629. The summed E-state index contributed by atoms with van der Waals surface area (Å²) in [7, 11) is 0. The van der Waals surface area contributed by atoms with Crippen LogP contribution in [0.2, 0.25) is 0 Å². The predicted molar refractivity (Wildman–Crippen MR) is 128 cm³/mol. The first kappa shape index (κ1) is 20.2. The highest BCUT2D eigenvalue weighted by Crippen LogP contribution is 2.40. The van der Waals surface area contributed by atoms with E-state index in [9.17, 15) is 9.59 Å². The van der Waals surface area contributed by atoms with E-state index in [4.69, 9.17) is 4.98 Å². The van der Waals surface area contributed by atoms with Gasteiger partial charge in [0.25, 0.3) is 5.56 Å². The second-order valence-corrected chi connectivity index (χ2v) is 9.89. The second kappa shape index (κ2) is 8.44. The summed E-state index contributed by atoms with van der Waals surface area (Å²) < 4.78 is 1.68. The highest BCUT2D eigenvalue weighted by atomic mass is 32.2. The number of carbonyl (C=O) groups is 1. The van der Waals surface area contributed by atoms with E-state index in [0.717, 1.165) is 35.2 Å².